The maximum atomic E-state index is 13.0. The molecule has 0 aliphatic carbocycles. The van der Waals surface area contributed by atoms with Gasteiger partial charge in [-0.25, -0.2) is 4.98 Å². The van der Waals surface area contributed by atoms with E-state index in [2.05, 4.69) is 15.3 Å². The topological polar surface area (TPSA) is 97.0 Å². The number of likely N-dealkylation sites (tertiary alicyclic amines) is 1. The van der Waals surface area contributed by atoms with Crippen molar-refractivity contribution in [2.45, 2.75) is 38.1 Å². The van der Waals surface area contributed by atoms with Gasteiger partial charge in [0.2, 0.25) is 5.91 Å². The van der Waals surface area contributed by atoms with Gasteiger partial charge in [-0.1, -0.05) is 23.7 Å². The Hall–Kier alpha value is -3.08. The maximum Gasteiger partial charge on any atom is 0.416 e. The molecule has 0 spiro atoms. The number of nitrogens with one attached hydrogen (secondary N) is 1. The van der Waals surface area contributed by atoms with Crippen molar-refractivity contribution in [3.05, 3.63) is 65.2 Å². The number of aromatic nitrogens is 3. The fraction of sp³-hybridized carbons (Fsp3) is 0.333. The number of halogens is 4. The van der Waals surface area contributed by atoms with Gasteiger partial charge in [0.15, 0.2) is 0 Å². The van der Waals surface area contributed by atoms with Crippen molar-refractivity contribution in [2.75, 3.05) is 13.1 Å². The number of hydrogen-bond acceptors (Lipinski definition) is 6. The van der Waals surface area contributed by atoms with Gasteiger partial charge < -0.3 is 5.73 Å². The predicted octanol–water partition coefficient (Wildman–Crippen LogP) is 3.92. The Kier molecular flexibility index (Phi) is 6.81. The van der Waals surface area contributed by atoms with Crippen molar-refractivity contribution < 1.29 is 18.0 Å². The number of carbonyl (C=O) groups excluding carboxylic acids is 1. The normalized spacial score (nSPS) is 15.7. The highest BCUT2D eigenvalue weighted by Gasteiger charge is 2.48. The lowest BCUT2D eigenvalue weighted by molar-refractivity contribution is -0.137. The summed E-state index contributed by atoms with van der Waals surface area (Å²) in [5.41, 5.74) is 6.55. The second-order valence-electron chi connectivity index (χ2n) is 8.88. The van der Waals surface area contributed by atoms with Crippen molar-refractivity contribution in [2.24, 2.45) is 5.73 Å². The Labute approximate surface area is 205 Å². The minimum Gasteiger partial charge on any atom is -0.368 e. The first-order valence-electron chi connectivity index (χ1n) is 10.9. The van der Waals surface area contributed by atoms with E-state index in [0.717, 1.165) is 12.1 Å². The molecule has 2 aromatic heterocycles. The summed E-state index contributed by atoms with van der Waals surface area (Å²) in [4.78, 5) is 27.3. The van der Waals surface area contributed by atoms with Crippen molar-refractivity contribution in [1.82, 2.24) is 25.2 Å². The van der Waals surface area contributed by atoms with Gasteiger partial charge >= 0.3 is 6.18 Å². The van der Waals surface area contributed by atoms with Crippen molar-refractivity contribution in [1.29, 1.82) is 0 Å². The quantitative estimate of drug-likeness (QED) is 0.506. The molecule has 1 saturated heterocycles. The fourth-order valence-corrected chi connectivity index (χ4v) is 4.42. The zero-order chi connectivity index (χ0) is 25.4. The second kappa shape index (κ2) is 9.52. The smallest absolute Gasteiger partial charge is 0.368 e. The molecule has 3 N–H and O–H groups in total. The Balaban J connectivity index is 1.65. The highest BCUT2D eigenvalue weighted by molar-refractivity contribution is 6.33. The van der Waals surface area contributed by atoms with Crippen LogP contribution in [0.3, 0.4) is 0 Å². The van der Waals surface area contributed by atoms with Crippen LogP contribution >= 0.6 is 11.6 Å². The first-order valence-corrected chi connectivity index (χ1v) is 11.3. The van der Waals surface area contributed by atoms with Crippen LogP contribution in [-0.4, -0.2) is 50.4 Å². The van der Waals surface area contributed by atoms with Gasteiger partial charge in [-0.2, -0.15) is 13.2 Å². The SMILES string of the molecule is CC(C)NC1(C(N)=O)CN(Cc2cnc(-c3ccc(C(F)(F)F)cc3)c(-c3ccncc3Cl)n2)C1. The number of carbonyl (C=O) groups is 1. The van der Waals surface area contributed by atoms with E-state index in [1.54, 1.807) is 18.5 Å². The van der Waals surface area contributed by atoms with Gasteiger partial charge in [-0.15, -0.1) is 0 Å². The molecule has 1 aliphatic heterocycles. The Morgan fingerprint density at radius 1 is 1.17 bits per heavy atom. The molecule has 1 aliphatic rings. The van der Waals surface area contributed by atoms with Crippen molar-refractivity contribution in [3.63, 3.8) is 0 Å². The van der Waals surface area contributed by atoms with Crippen LogP contribution in [0.4, 0.5) is 13.2 Å². The highest BCUT2D eigenvalue weighted by atomic mass is 35.5. The molecule has 0 radical (unpaired) electrons. The lowest BCUT2D eigenvalue weighted by Gasteiger charge is -2.49. The lowest BCUT2D eigenvalue weighted by atomic mass is 9.88. The number of pyridine rings is 1. The molecule has 1 amide bonds. The summed E-state index contributed by atoms with van der Waals surface area (Å²) in [5.74, 6) is -0.407. The highest BCUT2D eigenvalue weighted by Crippen LogP contribution is 2.35. The van der Waals surface area contributed by atoms with E-state index in [1.807, 2.05) is 18.7 Å². The van der Waals surface area contributed by atoms with Gasteiger partial charge in [0.05, 0.1) is 33.9 Å². The Morgan fingerprint density at radius 2 is 1.86 bits per heavy atom. The van der Waals surface area contributed by atoms with Gasteiger partial charge in [-0.05, 0) is 32.0 Å². The number of primary amides is 1. The Morgan fingerprint density at radius 3 is 2.43 bits per heavy atom. The molecule has 7 nitrogen and oxygen atoms in total. The summed E-state index contributed by atoms with van der Waals surface area (Å²) < 4.78 is 39.0. The average molecular weight is 505 g/mol. The van der Waals surface area contributed by atoms with E-state index in [0.29, 0.717) is 52.9 Å². The number of nitrogens with zero attached hydrogens (tertiary/aromatic N) is 4. The molecule has 3 aromatic rings. The minimum atomic E-state index is -4.44. The van der Waals surface area contributed by atoms with Crippen molar-refractivity contribution in [3.8, 4) is 22.5 Å². The van der Waals surface area contributed by atoms with Crippen LogP contribution in [0.25, 0.3) is 22.5 Å². The molecule has 4 rings (SSSR count). The molecule has 1 fully saturated rings. The molecular formula is C24H24ClF3N6O. The van der Waals surface area contributed by atoms with E-state index in [9.17, 15) is 18.0 Å². The van der Waals surface area contributed by atoms with E-state index in [1.165, 1.54) is 18.3 Å². The number of hydrogen-bond donors (Lipinski definition) is 2. The summed E-state index contributed by atoms with van der Waals surface area (Å²) in [6.45, 7) is 5.15. The Bertz CT molecular complexity index is 1230. The number of nitrogens with two attached hydrogens (primary N) is 1. The average Bonchev–Trinajstić information content (AvgIpc) is 2.77. The molecule has 11 heteroatoms. The summed E-state index contributed by atoms with van der Waals surface area (Å²) in [6.07, 6.45) is 0.162. The molecule has 3 heterocycles. The van der Waals surface area contributed by atoms with Crippen molar-refractivity contribution >= 4 is 17.5 Å². The molecule has 0 saturated carbocycles. The monoisotopic (exact) mass is 504 g/mol. The number of alkyl halides is 3. The van der Waals surface area contributed by atoms with Gasteiger partial charge in [0.25, 0.3) is 0 Å². The first kappa shape index (κ1) is 25.0. The molecular weight excluding hydrogens is 481 g/mol. The fourth-order valence-electron chi connectivity index (χ4n) is 4.21. The molecule has 0 bridgehead atoms. The maximum absolute atomic E-state index is 13.0. The number of benzene rings is 1. The molecule has 184 valence electrons. The predicted molar refractivity (Wildman–Crippen MR) is 126 cm³/mol. The number of amides is 1. The minimum absolute atomic E-state index is 0.0906. The van der Waals surface area contributed by atoms with E-state index in [-0.39, 0.29) is 6.04 Å². The number of rotatable bonds is 7. The summed E-state index contributed by atoms with van der Waals surface area (Å²) in [7, 11) is 0. The van der Waals surface area contributed by atoms with Crippen LogP contribution in [0.2, 0.25) is 5.02 Å². The van der Waals surface area contributed by atoms with Gasteiger partial charge in [0.1, 0.15) is 5.54 Å². The zero-order valence-corrected chi connectivity index (χ0v) is 19.9. The van der Waals surface area contributed by atoms with Crippen LogP contribution in [0.1, 0.15) is 25.1 Å². The molecule has 0 unspecified atom stereocenters. The van der Waals surface area contributed by atoms with E-state index < -0.39 is 23.2 Å². The van der Waals surface area contributed by atoms with Gasteiger partial charge in [-0.3, -0.25) is 25.0 Å². The third-order valence-electron chi connectivity index (χ3n) is 5.74. The molecule has 1 aromatic carbocycles. The standard InChI is InChI=1S/C24H24ClF3N6O/c1-14(2)33-23(22(29)35)12-34(13-23)11-17-9-31-20(15-3-5-16(6-4-15)24(26,27)28)21(32-17)18-7-8-30-10-19(18)25/h3-10,14,33H,11-13H2,1-2H3,(H2,29,35). The zero-order valence-electron chi connectivity index (χ0n) is 19.1. The van der Waals surface area contributed by atoms with Crippen LogP contribution in [0.5, 0.6) is 0 Å². The van der Waals surface area contributed by atoms with Crippen LogP contribution in [0, 0.1) is 0 Å². The first-order chi connectivity index (χ1) is 16.5. The van der Waals surface area contributed by atoms with Crippen LogP contribution in [0.15, 0.2) is 48.9 Å². The third kappa shape index (κ3) is 5.29. The van der Waals surface area contributed by atoms with Crippen LogP contribution < -0.4 is 11.1 Å². The molecule has 35 heavy (non-hydrogen) atoms. The second-order valence-corrected chi connectivity index (χ2v) is 9.29. The van der Waals surface area contributed by atoms with Crippen LogP contribution in [-0.2, 0) is 17.5 Å². The third-order valence-corrected chi connectivity index (χ3v) is 6.05. The van der Waals surface area contributed by atoms with E-state index in [4.69, 9.17) is 22.3 Å². The lowest BCUT2D eigenvalue weighted by Crippen LogP contribution is -2.75. The van der Waals surface area contributed by atoms with E-state index >= 15 is 0 Å². The largest absolute Gasteiger partial charge is 0.416 e. The summed E-state index contributed by atoms with van der Waals surface area (Å²) >= 11 is 6.37. The van der Waals surface area contributed by atoms with Gasteiger partial charge in [0, 0.05) is 49.2 Å². The molecule has 0 atom stereocenters. The summed E-state index contributed by atoms with van der Waals surface area (Å²) in [5, 5.41) is 3.58. The summed E-state index contributed by atoms with van der Waals surface area (Å²) in [6, 6.07) is 6.51.